The van der Waals surface area contributed by atoms with Crippen LogP contribution in [-0.4, -0.2) is 16.1 Å². The van der Waals surface area contributed by atoms with Gasteiger partial charge in [-0.2, -0.15) is 0 Å². The summed E-state index contributed by atoms with van der Waals surface area (Å²) in [4.78, 5) is 3.68. The van der Waals surface area contributed by atoms with Gasteiger partial charge in [0.2, 0.25) is 0 Å². The molecule has 1 saturated carbocycles. The van der Waals surface area contributed by atoms with Crippen LogP contribution >= 0.6 is 35.2 Å². The third kappa shape index (κ3) is 4.25. The van der Waals surface area contributed by atoms with Crippen LogP contribution in [0.25, 0.3) is 0 Å². The molecule has 1 aliphatic rings. The fraction of sp³-hybridized carbons (Fsp3) is 0.389. The van der Waals surface area contributed by atoms with E-state index < -0.39 is 0 Å². The highest BCUT2D eigenvalue weighted by Gasteiger charge is 2.25. The topological polar surface area (TPSA) is 15.3 Å². The van der Waals surface area contributed by atoms with Crippen molar-refractivity contribution in [2.24, 2.45) is 0 Å². The molecule has 122 valence electrons. The van der Waals surface area contributed by atoms with Crippen LogP contribution in [0.1, 0.15) is 36.1 Å². The van der Waals surface area contributed by atoms with E-state index in [1.54, 1.807) is 11.3 Å². The molecule has 1 heterocycles. The molecule has 0 spiro atoms. The fourth-order valence-corrected chi connectivity index (χ4v) is 4.27. The highest BCUT2D eigenvalue weighted by molar-refractivity contribution is 7.80. The predicted octanol–water partition coefficient (Wildman–Crippen LogP) is 5.85. The molecule has 0 atom stereocenters. The number of benzene rings is 1. The van der Waals surface area contributed by atoms with Gasteiger partial charge in [0.05, 0.1) is 17.3 Å². The Labute approximate surface area is 152 Å². The lowest BCUT2D eigenvalue weighted by Crippen LogP contribution is -2.40. The number of hydrogen-bond donors (Lipinski definition) is 1. The van der Waals surface area contributed by atoms with Crippen molar-refractivity contribution in [3.05, 3.63) is 51.2 Å². The molecule has 1 fully saturated rings. The molecule has 0 saturated heterocycles. The Morgan fingerprint density at radius 2 is 2.13 bits per heavy atom. The van der Waals surface area contributed by atoms with Gasteiger partial charge in [-0.3, -0.25) is 0 Å². The second-order valence-corrected chi connectivity index (χ2v) is 7.89. The summed E-state index contributed by atoms with van der Waals surface area (Å²) >= 11 is 13.8. The molecule has 5 heteroatoms. The van der Waals surface area contributed by atoms with Gasteiger partial charge in [0.1, 0.15) is 0 Å². The van der Waals surface area contributed by atoms with Gasteiger partial charge in [-0.15, -0.1) is 11.3 Å². The van der Waals surface area contributed by atoms with Gasteiger partial charge in [-0.1, -0.05) is 36.6 Å². The van der Waals surface area contributed by atoms with E-state index in [2.05, 4.69) is 34.7 Å². The standard InChI is InChI=1S/C18H21ClN2S2/c1-13-8-9-16(19)17(11-13)20-18(22)21(14-5-2-3-6-14)12-15-7-4-10-23-15/h4,7-11,14H,2-3,5-6,12H2,1H3,(H,20,22). The zero-order chi connectivity index (χ0) is 16.2. The van der Waals surface area contributed by atoms with E-state index in [0.29, 0.717) is 11.1 Å². The van der Waals surface area contributed by atoms with E-state index in [9.17, 15) is 0 Å². The number of thiocarbonyl (C=S) groups is 1. The van der Waals surface area contributed by atoms with E-state index in [0.717, 1.165) is 17.3 Å². The Bertz CT molecular complexity index is 664. The summed E-state index contributed by atoms with van der Waals surface area (Å²) in [7, 11) is 0. The maximum atomic E-state index is 6.31. The third-order valence-corrected chi connectivity index (χ3v) is 5.82. The van der Waals surface area contributed by atoms with Crippen molar-refractivity contribution < 1.29 is 0 Å². The summed E-state index contributed by atoms with van der Waals surface area (Å²) in [6.07, 6.45) is 5.02. The first kappa shape index (κ1) is 16.7. The van der Waals surface area contributed by atoms with Crippen LogP contribution < -0.4 is 5.32 Å². The summed E-state index contributed by atoms with van der Waals surface area (Å²) in [6, 6.07) is 10.8. The van der Waals surface area contributed by atoms with Crippen LogP contribution in [-0.2, 0) is 6.54 Å². The van der Waals surface area contributed by atoms with Crippen molar-refractivity contribution in [1.29, 1.82) is 0 Å². The van der Waals surface area contributed by atoms with Gasteiger partial charge in [0.15, 0.2) is 5.11 Å². The number of nitrogens with one attached hydrogen (secondary N) is 1. The van der Waals surface area contributed by atoms with E-state index in [4.69, 9.17) is 23.8 Å². The highest BCUT2D eigenvalue weighted by Crippen LogP contribution is 2.28. The molecule has 0 unspecified atom stereocenters. The Hall–Kier alpha value is -1.10. The molecule has 2 nitrogen and oxygen atoms in total. The number of halogens is 1. The summed E-state index contributed by atoms with van der Waals surface area (Å²) in [6.45, 7) is 2.93. The van der Waals surface area contributed by atoms with Crippen molar-refractivity contribution in [3.8, 4) is 0 Å². The first-order valence-electron chi connectivity index (χ1n) is 7.99. The summed E-state index contributed by atoms with van der Waals surface area (Å²) in [5, 5.41) is 6.98. The van der Waals surface area contributed by atoms with E-state index >= 15 is 0 Å². The minimum Gasteiger partial charge on any atom is -0.341 e. The number of hydrogen-bond acceptors (Lipinski definition) is 2. The lowest BCUT2D eigenvalue weighted by atomic mass is 10.2. The highest BCUT2D eigenvalue weighted by atomic mass is 35.5. The number of aryl methyl sites for hydroxylation is 1. The number of rotatable bonds is 4. The smallest absolute Gasteiger partial charge is 0.174 e. The molecular formula is C18H21ClN2S2. The molecule has 0 radical (unpaired) electrons. The zero-order valence-electron chi connectivity index (χ0n) is 13.2. The van der Waals surface area contributed by atoms with E-state index in [1.807, 2.05) is 18.2 Å². The molecule has 2 aromatic rings. The summed E-state index contributed by atoms with van der Waals surface area (Å²) in [5.41, 5.74) is 2.07. The molecule has 0 bridgehead atoms. The Kier molecular flexibility index (Phi) is 5.57. The van der Waals surface area contributed by atoms with Gasteiger partial charge < -0.3 is 10.2 Å². The van der Waals surface area contributed by atoms with Gasteiger partial charge in [0.25, 0.3) is 0 Å². The van der Waals surface area contributed by atoms with Gasteiger partial charge in [-0.25, -0.2) is 0 Å². The van der Waals surface area contributed by atoms with Crippen LogP contribution in [0.4, 0.5) is 5.69 Å². The molecule has 1 N–H and O–H groups in total. The summed E-state index contributed by atoms with van der Waals surface area (Å²) < 4.78 is 0. The first-order valence-corrected chi connectivity index (χ1v) is 9.66. The second kappa shape index (κ2) is 7.65. The average molecular weight is 365 g/mol. The predicted molar refractivity (Wildman–Crippen MR) is 105 cm³/mol. The quantitative estimate of drug-likeness (QED) is 0.685. The van der Waals surface area contributed by atoms with E-state index in [-0.39, 0.29) is 0 Å². The molecule has 1 aliphatic carbocycles. The molecule has 23 heavy (non-hydrogen) atoms. The molecule has 1 aromatic carbocycles. The SMILES string of the molecule is Cc1ccc(Cl)c(NC(=S)N(Cc2cccs2)C2CCCC2)c1. The van der Waals surface area contributed by atoms with Crippen molar-refractivity contribution in [2.75, 3.05) is 5.32 Å². The van der Waals surface area contributed by atoms with Gasteiger partial charge in [-0.05, 0) is 61.1 Å². The molecule has 1 aromatic heterocycles. The normalized spacial score (nSPS) is 14.9. The van der Waals surface area contributed by atoms with Gasteiger partial charge >= 0.3 is 0 Å². The van der Waals surface area contributed by atoms with E-state index in [1.165, 1.54) is 36.1 Å². The Morgan fingerprint density at radius 3 is 2.83 bits per heavy atom. The van der Waals surface area contributed by atoms with Crippen molar-refractivity contribution in [3.63, 3.8) is 0 Å². The number of nitrogens with zero attached hydrogens (tertiary/aromatic N) is 1. The van der Waals surface area contributed by atoms with Crippen molar-refractivity contribution in [2.45, 2.75) is 45.2 Å². The Morgan fingerprint density at radius 1 is 1.35 bits per heavy atom. The van der Waals surface area contributed by atoms with Gasteiger partial charge in [0, 0.05) is 10.9 Å². The maximum Gasteiger partial charge on any atom is 0.174 e. The molecular weight excluding hydrogens is 344 g/mol. The van der Waals surface area contributed by atoms with Crippen LogP contribution in [0.3, 0.4) is 0 Å². The van der Waals surface area contributed by atoms with Crippen LogP contribution in [0, 0.1) is 6.92 Å². The first-order chi connectivity index (χ1) is 11.1. The van der Waals surface area contributed by atoms with Crippen LogP contribution in [0.2, 0.25) is 5.02 Å². The number of anilines is 1. The lowest BCUT2D eigenvalue weighted by Gasteiger charge is -2.31. The van der Waals surface area contributed by atoms with Crippen LogP contribution in [0.15, 0.2) is 35.7 Å². The van der Waals surface area contributed by atoms with Crippen LogP contribution in [0.5, 0.6) is 0 Å². The van der Waals surface area contributed by atoms with Crippen molar-refractivity contribution in [1.82, 2.24) is 4.90 Å². The zero-order valence-corrected chi connectivity index (χ0v) is 15.6. The average Bonchev–Trinajstić information content (AvgIpc) is 3.21. The third-order valence-electron chi connectivity index (χ3n) is 4.30. The van der Waals surface area contributed by atoms with Crippen molar-refractivity contribution >= 4 is 46.0 Å². The Balaban J connectivity index is 1.77. The summed E-state index contributed by atoms with van der Waals surface area (Å²) in [5.74, 6) is 0. The second-order valence-electron chi connectivity index (χ2n) is 6.06. The minimum atomic E-state index is 0.528. The monoisotopic (exact) mass is 364 g/mol. The molecule has 0 amide bonds. The minimum absolute atomic E-state index is 0.528. The lowest BCUT2D eigenvalue weighted by molar-refractivity contribution is 0.314. The maximum absolute atomic E-state index is 6.31. The molecule has 0 aliphatic heterocycles. The fourth-order valence-electron chi connectivity index (χ4n) is 3.08. The number of thiophene rings is 1. The largest absolute Gasteiger partial charge is 0.341 e. The molecule has 3 rings (SSSR count).